The number of amides is 2. The molecule has 3 aromatic carbocycles. The zero-order valence-corrected chi connectivity index (χ0v) is 20.9. The molecule has 0 unspecified atom stereocenters. The van der Waals surface area contributed by atoms with E-state index < -0.39 is 17.2 Å². The van der Waals surface area contributed by atoms with E-state index in [9.17, 15) is 27.2 Å². The van der Waals surface area contributed by atoms with Crippen LogP contribution in [0.25, 0.3) is 0 Å². The Morgan fingerprint density at radius 3 is 2.16 bits per heavy atom. The minimum atomic E-state index is -4.47. The Labute approximate surface area is 219 Å². The van der Waals surface area contributed by atoms with Gasteiger partial charge in [0.1, 0.15) is 5.82 Å². The zero-order chi connectivity index (χ0) is 27.2. The van der Waals surface area contributed by atoms with E-state index in [1.807, 2.05) is 30.3 Å². The van der Waals surface area contributed by atoms with E-state index in [-0.39, 0.29) is 24.2 Å². The molecule has 4 nitrogen and oxygen atoms in total. The number of likely N-dealkylation sites (tertiary alicyclic amines) is 1. The van der Waals surface area contributed by atoms with Gasteiger partial charge in [-0.1, -0.05) is 54.6 Å². The number of hydrogen-bond donors (Lipinski definition) is 1. The predicted octanol–water partition coefficient (Wildman–Crippen LogP) is 5.95. The summed E-state index contributed by atoms with van der Waals surface area (Å²) in [6.07, 6.45) is -2.33. The summed E-state index contributed by atoms with van der Waals surface area (Å²) in [6.45, 7) is 0.741. The molecule has 0 aromatic heterocycles. The number of piperidine rings is 1. The highest BCUT2D eigenvalue weighted by Crippen LogP contribution is 2.36. The van der Waals surface area contributed by atoms with Gasteiger partial charge in [-0.3, -0.25) is 9.59 Å². The SMILES string of the molecule is O=C(CCc1ccccc1)N1CCC(Cc2ccc(F)cc2)(C(=O)NCc2cccc(C(F)(F)F)c2)CC1. The molecule has 0 aliphatic carbocycles. The van der Waals surface area contributed by atoms with Crippen molar-refractivity contribution in [3.63, 3.8) is 0 Å². The molecule has 200 valence electrons. The van der Waals surface area contributed by atoms with Crippen LogP contribution in [0.1, 0.15) is 41.5 Å². The first-order valence-corrected chi connectivity index (χ1v) is 12.7. The van der Waals surface area contributed by atoms with Crippen molar-refractivity contribution in [1.29, 1.82) is 0 Å². The van der Waals surface area contributed by atoms with Crippen LogP contribution in [0.4, 0.5) is 17.6 Å². The molecule has 8 heteroatoms. The summed E-state index contributed by atoms with van der Waals surface area (Å²) in [7, 11) is 0. The number of aryl methyl sites for hydroxylation is 1. The van der Waals surface area contributed by atoms with Crippen LogP contribution in [0.5, 0.6) is 0 Å². The highest BCUT2D eigenvalue weighted by Gasteiger charge is 2.42. The van der Waals surface area contributed by atoms with Gasteiger partial charge in [-0.25, -0.2) is 4.39 Å². The molecule has 1 aliphatic rings. The minimum absolute atomic E-state index is 0.0219. The van der Waals surface area contributed by atoms with Crippen molar-refractivity contribution in [3.05, 3.63) is 107 Å². The lowest BCUT2D eigenvalue weighted by molar-refractivity contribution is -0.140. The second kappa shape index (κ2) is 11.8. The number of rotatable bonds is 8. The first kappa shape index (κ1) is 27.4. The van der Waals surface area contributed by atoms with Gasteiger partial charge in [0.2, 0.25) is 11.8 Å². The second-order valence-corrected chi connectivity index (χ2v) is 9.83. The third-order valence-corrected chi connectivity index (χ3v) is 7.19. The van der Waals surface area contributed by atoms with Crippen LogP contribution in [0.3, 0.4) is 0 Å². The Kier molecular flexibility index (Phi) is 8.49. The van der Waals surface area contributed by atoms with Gasteiger partial charge in [0.15, 0.2) is 0 Å². The fourth-order valence-electron chi connectivity index (χ4n) is 4.94. The van der Waals surface area contributed by atoms with Gasteiger partial charge in [-0.05, 0) is 66.6 Å². The van der Waals surface area contributed by atoms with Crippen LogP contribution in [0.15, 0.2) is 78.9 Å². The van der Waals surface area contributed by atoms with Crippen LogP contribution < -0.4 is 5.32 Å². The summed E-state index contributed by atoms with van der Waals surface area (Å²) >= 11 is 0. The second-order valence-electron chi connectivity index (χ2n) is 9.83. The zero-order valence-electron chi connectivity index (χ0n) is 20.9. The third-order valence-electron chi connectivity index (χ3n) is 7.19. The average molecular weight is 527 g/mol. The van der Waals surface area contributed by atoms with E-state index in [1.165, 1.54) is 24.3 Å². The van der Waals surface area contributed by atoms with E-state index in [0.717, 1.165) is 23.3 Å². The molecule has 1 saturated heterocycles. The van der Waals surface area contributed by atoms with E-state index >= 15 is 0 Å². The average Bonchev–Trinajstić information content (AvgIpc) is 2.92. The summed E-state index contributed by atoms with van der Waals surface area (Å²) in [6, 6.07) is 20.6. The number of alkyl halides is 3. The fourth-order valence-corrected chi connectivity index (χ4v) is 4.94. The smallest absolute Gasteiger partial charge is 0.352 e. The van der Waals surface area contributed by atoms with Crippen LogP contribution in [-0.2, 0) is 35.2 Å². The Hall–Kier alpha value is -3.68. The molecule has 0 bridgehead atoms. The lowest BCUT2D eigenvalue weighted by atomic mass is 9.72. The van der Waals surface area contributed by atoms with Gasteiger partial charge in [0.25, 0.3) is 0 Å². The van der Waals surface area contributed by atoms with Crippen LogP contribution in [-0.4, -0.2) is 29.8 Å². The van der Waals surface area contributed by atoms with Gasteiger partial charge >= 0.3 is 6.18 Å². The number of halogens is 4. The largest absolute Gasteiger partial charge is 0.416 e. The predicted molar refractivity (Wildman–Crippen MR) is 136 cm³/mol. The molecule has 2 amide bonds. The Balaban J connectivity index is 1.44. The van der Waals surface area contributed by atoms with Crippen molar-refractivity contribution in [2.24, 2.45) is 5.41 Å². The number of nitrogens with zero attached hydrogens (tertiary/aromatic N) is 1. The molecule has 4 rings (SSSR count). The number of carbonyl (C=O) groups excluding carboxylic acids is 2. The van der Waals surface area contributed by atoms with Crippen molar-refractivity contribution in [3.8, 4) is 0 Å². The maximum absolute atomic E-state index is 13.5. The highest BCUT2D eigenvalue weighted by molar-refractivity contribution is 5.84. The Morgan fingerprint density at radius 2 is 1.50 bits per heavy atom. The van der Waals surface area contributed by atoms with Crippen molar-refractivity contribution in [2.75, 3.05) is 13.1 Å². The highest BCUT2D eigenvalue weighted by atomic mass is 19.4. The van der Waals surface area contributed by atoms with E-state index in [2.05, 4.69) is 5.32 Å². The molecule has 0 spiro atoms. The first-order valence-electron chi connectivity index (χ1n) is 12.7. The van der Waals surface area contributed by atoms with Crippen molar-refractivity contribution < 1.29 is 27.2 Å². The molecule has 1 fully saturated rings. The molecule has 3 aromatic rings. The quantitative estimate of drug-likeness (QED) is 0.369. The Bertz CT molecular complexity index is 1240. The third kappa shape index (κ3) is 7.00. The molecule has 1 N–H and O–H groups in total. The topological polar surface area (TPSA) is 49.4 Å². The molecule has 0 atom stereocenters. The van der Waals surface area contributed by atoms with Gasteiger partial charge in [0.05, 0.1) is 11.0 Å². The van der Waals surface area contributed by atoms with Crippen molar-refractivity contribution in [2.45, 2.75) is 44.8 Å². The number of carbonyl (C=O) groups is 2. The maximum atomic E-state index is 13.5. The summed E-state index contributed by atoms with van der Waals surface area (Å²) < 4.78 is 52.8. The summed E-state index contributed by atoms with van der Waals surface area (Å²) in [5.41, 5.74) is 0.573. The van der Waals surface area contributed by atoms with E-state index in [0.29, 0.717) is 50.8 Å². The van der Waals surface area contributed by atoms with Crippen LogP contribution >= 0.6 is 0 Å². The summed E-state index contributed by atoms with van der Waals surface area (Å²) in [5.74, 6) is -0.639. The van der Waals surface area contributed by atoms with Crippen LogP contribution in [0.2, 0.25) is 0 Å². The summed E-state index contributed by atoms with van der Waals surface area (Å²) in [4.78, 5) is 28.2. The molecular formula is C30H30F4N2O2. The molecule has 1 aliphatic heterocycles. The maximum Gasteiger partial charge on any atom is 0.416 e. The lowest BCUT2D eigenvalue weighted by Gasteiger charge is -2.41. The number of hydrogen-bond acceptors (Lipinski definition) is 2. The molecule has 1 heterocycles. The summed E-state index contributed by atoms with van der Waals surface area (Å²) in [5, 5.41) is 2.83. The minimum Gasteiger partial charge on any atom is -0.352 e. The van der Waals surface area contributed by atoms with E-state index in [1.54, 1.807) is 17.0 Å². The van der Waals surface area contributed by atoms with Gasteiger partial charge in [-0.2, -0.15) is 13.2 Å². The standard InChI is InChI=1S/C30H30F4N2O2/c31-26-12-9-23(10-13-26)20-29(28(38)35-21-24-7-4-8-25(19-24)30(32,33)34)15-17-36(18-16-29)27(37)14-11-22-5-2-1-3-6-22/h1-10,12-13,19H,11,14-18,20-21H2,(H,35,38). The normalized spacial score (nSPS) is 15.2. The number of benzene rings is 3. The molecule has 38 heavy (non-hydrogen) atoms. The van der Waals surface area contributed by atoms with E-state index in [4.69, 9.17) is 0 Å². The molecule has 0 radical (unpaired) electrons. The first-order chi connectivity index (χ1) is 18.1. The molecular weight excluding hydrogens is 496 g/mol. The van der Waals surface area contributed by atoms with Gasteiger partial charge < -0.3 is 10.2 Å². The van der Waals surface area contributed by atoms with Crippen LogP contribution in [0, 0.1) is 11.2 Å². The van der Waals surface area contributed by atoms with Gasteiger partial charge in [-0.15, -0.1) is 0 Å². The Morgan fingerprint density at radius 1 is 0.842 bits per heavy atom. The van der Waals surface area contributed by atoms with Gasteiger partial charge in [0, 0.05) is 26.1 Å². The molecule has 0 saturated carbocycles. The fraction of sp³-hybridized carbons (Fsp3) is 0.333. The number of nitrogens with one attached hydrogen (secondary N) is 1. The van der Waals surface area contributed by atoms with Crippen molar-refractivity contribution in [1.82, 2.24) is 10.2 Å². The van der Waals surface area contributed by atoms with Crippen molar-refractivity contribution >= 4 is 11.8 Å². The monoisotopic (exact) mass is 526 g/mol. The lowest BCUT2D eigenvalue weighted by Crippen LogP contribution is -2.51.